The van der Waals surface area contributed by atoms with Crippen molar-refractivity contribution in [1.29, 1.82) is 0 Å². The zero-order valence-electron chi connectivity index (χ0n) is 6.87. The molecule has 1 aromatic heterocycles. The Bertz CT molecular complexity index is 186. The van der Waals surface area contributed by atoms with Crippen LogP contribution in [0.3, 0.4) is 0 Å². The van der Waals surface area contributed by atoms with E-state index in [2.05, 4.69) is 28.8 Å². The second-order valence-corrected chi connectivity index (χ2v) is 2.96. The first-order valence-electron chi connectivity index (χ1n) is 3.88. The van der Waals surface area contributed by atoms with Crippen LogP contribution in [0.2, 0.25) is 0 Å². The van der Waals surface area contributed by atoms with Crippen LogP contribution in [-0.2, 0) is 0 Å². The molecule has 0 aliphatic heterocycles. The van der Waals surface area contributed by atoms with Gasteiger partial charge >= 0.3 is 0 Å². The van der Waals surface area contributed by atoms with Crippen molar-refractivity contribution >= 4 is 11.5 Å². The number of aromatic nitrogens is 2. The lowest BCUT2D eigenvalue weighted by molar-refractivity contribution is 0.523. The van der Waals surface area contributed by atoms with Crippen molar-refractivity contribution in [2.45, 2.75) is 26.3 Å². The summed E-state index contributed by atoms with van der Waals surface area (Å²) in [5.74, 6) is 0. The van der Waals surface area contributed by atoms with Crippen LogP contribution in [0, 0.1) is 0 Å². The van der Waals surface area contributed by atoms with E-state index < -0.39 is 0 Å². The molecule has 0 saturated heterocycles. The fourth-order valence-corrected chi connectivity index (χ4v) is 1.54. The maximum Gasteiger partial charge on any atom is 0.0924 e. The molecule has 0 radical (unpaired) electrons. The first-order chi connectivity index (χ1) is 5.38. The fraction of sp³-hybridized carbons (Fsp3) is 0.714. The molecule has 0 aliphatic carbocycles. The Morgan fingerprint density at radius 3 is 2.91 bits per heavy atom. The third kappa shape index (κ3) is 2.24. The Morgan fingerprint density at radius 1 is 1.64 bits per heavy atom. The molecule has 0 amide bonds. The summed E-state index contributed by atoms with van der Waals surface area (Å²) < 4.78 is 3.82. The molecular formula is C7H13N3S. The monoisotopic (exact) mass is 171 g/mol. The Balaban J connectivity index is 2.56. The minimum atomic E-state index is 0.388. The van der Waals surface area contributed by atoms with Gasteiger partial charge in [-0.3, -0.25) is 0 Å². The summed E-state index contributed by atoms with van der Waals surface area (Å²) in [5.41, 5.74) is 1.07. The smallest absolute Gasteiger partial charge is 0.0924 e. The van der Waals surface area contributed by atoms with Crippen LogP contribution in [0.1, 0.15) is 32.0 Å². The molecule has 62 valence electrons. The highest BCUT2D eigenvalue weighted by Gasteiger charge is 2.09. The molecule has 4 heteroatoms. The summed E-state index contributed by atoms with van der Waals surface area (Å²) in [6.45, 7) is 5.23. The van der Waals surface area contributed by atoms with Gasteiger partial charge in [0.1, 0.15) is 0 Å². The highest BCUT2D eigenvalue weighted by molar-refractivity contribution is 7.03. The van der Waals surface area contributed by atoms with Crippen molar-refractivity contribution in [3.05, 3.63) is 11.1 Å². The third-order valence-corrected chi connectivity index (χ3v) is 2.12. The molecule has 1 heterocycles. The third-order valence-electron chi connectivity index (χ3n) is 1.59. The molecule has 1 N–H and O–H groups in total. The van der Waals surface area contributed by atoms with Crippen LogP contribution in [-0.4, -0.2) is 16.1 Å². The molecule has 1 atom stereocenters. The van der Waals surface area contributed by atoms with Gasteiger partial charge in [-0.05, 0) is 24.5 Å². The van der Waals surface area contributed by atoms with Gasteiger partial charge in [0, 0.05) is 5.38 Å². The van der Waals surface area contributed by atoms with Gasteiger partial charge in [0.2, 0.25) is 0 Å². The summed E-state index contributed by atoms with van der Waals surface area (Å²) in [7, 11) is 0. The van der Waals surface area contributed by atoms with Crippen molar-refractivity contribution in [3.63, 3.8) is 0 Å². The van der Waals surface area contributed by atoms with E-state index >= 15 is 0 Å². The highest BCUT2D eigenvalue weighted by Crippen LogP contribution is 2.13. The van der Waals surface area contributed by atoms with Gasteiger partial charge in [0.05, 0.1) is 11.7 Å². The average Bonchev–Trinajstić information content (AvgIpc) is 2.52. The maximum atomic E-state index is 4.01. The molecule has 0 spiro atoms. The number of nitrogens with one attached hydrogen (secondary N) is 1. The number of rotatable bonds is 4. The maximum absolute atomic E-state index is 4.01. The van der Waals surface area contributed by atoms with Gasteiger partial charge in [-0.25, -0.2) is 0 Å². The predicted molar refractivity (Wildman–Crippen MR) is 46.6 cm³/mol. The fourth-order valence-electron chi connectivity index (χ4n) is 1.03. The quantitative estimate of drug-likeness (QED) is 0.747. The lowest BCUT2D eigenvalue weighted by Crippen LogP contribution is -2.20. The average molecular weight is 171 g/mol. The summed E-state index contributed by atoms with van der Waals surface area (Å²) in [6.07, 6.45) is 1.07. The topological polar surface area (TPSA) is 37.8 Å². The van der Waals surface area contributed by atoms with E-state index in [1.165, 1.54) is 11.5 Å². The van der Waals surface area contributed by atoms with Gasteiger partial charge in [0.25, 0.3) is 0 Å². The molecule has 0 fully saturated rings. The molecule has 1 unspecified atom stereocenters. The zero-order chi connectivity index (χ0) is 8.10. The van der Waals surface area contributed by atoms with Crippen molar-refractivity contribution in [1.82, 2.24) is 14.9 Å². The second kappa shape index (κ2) is 4.41. The zero-order valence-corrected chi connectivity index (χ0v) is 7.69. The molecule has 0 bridgehead atoms. The molecule has 0 aliphatic rings. The summed E-state index contributed by atoms with van der Waals surface area (Å²) in [6, 6.07) is 0.388. The molecule has 0 saturated carbocycles. The molecule has 0 aromatic carbocycles. The lowest BCUT2D eigenvalue weighted by atomic mass is 10.2. The normalized spacial score (nSPS) is 13.3. The molecular weight excluding hydrogens is 158 g/mol. The number of hydrogen-bond donors (Lipinski definition) is 1. The van der Waals surface area contributed by atoms with Gasteiger partial charge in [-0.2, -0.15) is 0 Å². The molecule has 3 nitrogen and oxygen atoms in total. The van der Waals surface area contributed by atoms with E-state index in [4.69, 9.17) is 0 Å². The van der Waals surface area contributed by atoms with E-state index in [1.54, 1.807) is 0 Å². The largest absolute Gasteiger partial charge is 0.309 e. The second-order valence-electron chi connectivity index (χ2n) is 2.35. The van der Waals surface area contributed by atoms with Crippen LogP contribution >= 0.6 is 11.5 Å². The number of hydrogen-bond acceptors (Lipinski definition) is 4. The van der Waals surface area contributed by atoms with Crippen molar-refractivity contribution < 1.29 is 0 Å². The standard InChI is InChI=1S/C7H13N3S/c1-3-6(8-4-2)7-5-11-10-9-7/h5-6,8H,3-4H2,1-2H3. The van der Waals surface area contributed by atoms with E-state index in [1.807, 2.05) is 5.38 Å². The molecule has 1 aromatic rings. The Labute approximate surface area is 71.0 Å². The minimum absolute atomic E-state index is 0.388. The first-order valence-corrected chi connectivity index (χ1v) is 4.72. The van der Waals surface area contributed by atoms with Crippen LogP contribution < -0.4 is 5.32 Å². The highest BCUT2D eigenvalue weighted by atomic mass is 32.1. The van der Waals surface area contributed by atoms with Crippen molar-refractivity contribution in [2.24, 2.45) is 0 Å². The van der Waals surface area contributed by atoms with E-state index in [-0.39, 0.29) is 0 Å². The van der Waals surface area contributed by atoms with E-state index in [0.29, 0.717) is 6.04 Å². The summed E-state index contributed by atoms with van der Waals surface area (Å²) in [4.78, 5) is 0. The molecule has 1 rings (SSSR count). The van der Waals surface area contributed by atoms with Crippen LogP contribution in [0.4, 0.5) is 0 Å². The van der Waals surface area contributed by atoms with Gasteiger partial charge in [0.15, 0.2) is 0 Å². The Morgan fingerprint density at radius 2 is 2.45 bits per heavy atom. The number of nitrogens with zero attached hydrogens (tertiary/aromatic N) is 2. The van der Waals surface area contributed by atoms with Crippen molar-refractivity contribution in [2.75, 3.05) is 6.54 Å². The summed E-state index contributed by atoms with van der Waals surface area (Å²) in [5, 5.41) is 9.35. The minimum Gasteiger partial charge on any atom is -0.309 e. The molecule has 11 heavy (non-hydrogen) atoms. The predicted octanol–water partition coefficient (Wildman–Crippen LogP) is 1.60. The van der Waals surface area contributed by atoms with Gasteiger partial charge in [-0.15, -0.1) is 5.10 Å². The SMILES string of the molecule is CCNC(CC)c1csnn1. The van der Waals surface area contributed by atoms with Gasteiger partial charge in [-0.1, -0.05) is 18.3 Å². The van der Waals surface area contributed by atoms with Gasteiger partial charge < -0.3 is 5.32 Å². The lowest BCUT2D eigenvalue weighted by Gasteiger charge is -2.11. The first kappa shape index (κ1) is 8.62. The van der Waals surface area contributed by atoms with Crippen LogP contribution in [0.15, 0.2) is 5.38 Å². The van der Waals surface area contributed by atoms with E-state index in [9.17, 15) is 0 Å². The van der Waals surface area contributed by atoms with E-state index in [0.717, 1.165) is 18.7 Å². The Kier molecular flexibility index (Phi) is 3.45. The Hall–Kier alpha value is -0.480. The summed E-state index contributed by atoms with van der Waals surface area (Å²) >= 11 is 1.41. The van der Waals surface area contributed by atoms with Crippen LogP contribution in [0.25, 0.3) is 0 Å². The van der Waals surface area contributed by atoms with Crippen LogP contribution in [0.5, 0.6) is 0 Å². The van der Waals surface area contributed by atoms with Crippen molar-refractivity contribution in [3.8, 4) is 0 Å².